The summed E-state index contributed by atoms with van der Waals surface area (Å²) in [7, 11) is 0. The summed E-state index contributed by atoms with van der Waals surface area (Å²) in [5.41, 5.74) is 4.56. The molecule has 0 aliphatic carbocycles. The van der Waals surface area contributed by atoms with E-state index >= 15 is 0 Å². The van der Waals surface area contributed by atoms with Crippen molar-refractivity contribution in [3.63, 3.8) is 0 Å². The second-order valence-corrected chi connectivity index (χ2v) is 7.35. The Bertz CT molecular complexity index is 834. The summed E-state index contributed by atoms with van der Waals surface area (Å²) in [4.78, 5) is 1.58. The van der Waals surface area contributed by atoms with Gasteiger partial charge in [0.05, 0.1) is 0 Å². The first-order valence-corrected chi connectivity index (χ1v) is 9.78. The van der Waals surface area contributed by atoms with E-state index in [1.165, 1.54) is 37.7 Å². The highest BCUT2D eigenvalue weighted by molar-refractivity contribution is 5.73. The lowest BCUT2D eigenvalue weighted by Gasteiger charge is -2.15. The zero-order valence-corrected chi connectivity index (χ0v) is 16.1. The number of aromatic nitrogens is 3. The summed E-state index contributed by atoms with van der Waals surface area (Å²) < 4.78 is 0. The van der Waals surface area contributed by atoms with Crippen LogP contribution < -0.4 is 0 Å². The first kappa shape index (κ1) is 18.4. The van der Waals surface area contributed by atoms with E-state index in [1.807, 2.05) is 30.3 Å². The molecule has 26 heavy (non-hydrogen) atoms. The highest BCUT2D eigenvalue weighted by atomic mass is 16.3. The van der Waals surface area contributed by atoms with Crippen molar-refractivity contribution in [3.8, 4) is 11.4 Å². The molecule has 0 aliphatic heterocycles. The molecule has 1 aromatic heterocycles. The predicted octanol–water partition coefficient (Wildman–Crippen LogP) is 5.76. The van der Waals surface area contributed by atoms with Gasteiger partial charge in [-0.15, -0.1) is 15.0 Å². The number of nitrogens with zero attached hydrogens (tertiary/aromatic N) is 3. The molecule has 4 nitrogen and oxygen atoms in total. The number of benzene rings is 2. The summed E-state index contributed by atoms with van der Waals surface area (Å²) in [6.45, 7) is 6.45. The van der Waals surface area contributed by atoms with Crippen LogP contribution in [0.2, 0.25) is 0 Å². The molecule has 138 valence electrons. The van der Waals surface area contributed by atoms with Crippen LogP contribution in [0.5, 0.6) is 5.75 Å². The van der Waals surface area contributed by atoms with Crippen molar-refractivity contribution in [2.24, 2.45) is 0 Å². The van der Waals surface area contributed by atoms with Crippen molar-refractivity contribution in [3.05, 3.63) is 47.5 Å². The standard InChI is InChI=1S/C22H29N3O/c1-4-5-6-7-8-11-17-14-18(16(2)3)22(26)21(15-17)25-23-19-12-9-10-13-20(19)24-25/h9-10,12-16,26H,4-8,11H2,1-3H3. The van der Waals surface area contributed by atoms with E-state index in [0.717, 1.165) is 23.0 Å². The van der Waals surface area contributed by atoms with E-state index in [9.17, 15) is 5.11 Å². The van der Waals surface area contributed by atoms with Crippen LogP contribution in [0, 0.1) is 0 Å². The number of aryl methyl sites for hydroxylation is 1. The number of hydrogen-bond acceptors (Lipinski definition) is 3. The zero-order chi connectivity index (χ0) is 18.5. The molecule has 0 aliphatic rings. The second kappa shape index (κ2) is 8.35. The molecule has 3 rings (SSSR count). The maximum Gasteiger partial charge on any atom is 0.146 e. The largest absolute Gasteiger partial charge is 0.505 e. The van der Waals surface area contributed by atoms with E-state index in [2.05, 4.69) is 37.0 Å². The van der Waals surface area contributed by atoms with Gasteiger partial charge in [0.25, 0.3) is 0 Å². The molecule has 1 heterocycles. The Balaban J connectivity index is 1.92. The highest BCUT2D eigenvalue weighted by Gasteiger charge is 2.16. The third-order valence-corrected chi connectivity index (χ3v) is 4.87. The van der Waals surface area contributed by atoms with Gasteiger partial charge in [-0.3, -0.25) is 0 Å². The molecular weight excluding hydrogens is 322 g/mol. The van der Waals surface area contributed by atoms with Gasteiger partial charge in [0.1, 0.15) is 22.5 Å². The topological polar surface area (TPSA) is 50.9 Å². The molecule has 0 amide bonds. The summed E-state index contributed by atoms with van der Waals surface area (Å²) in [5, 5.41) is 19.9. The Kier molecular flexibility index (Phi) is 5.92. The Labute approximate surface area is 155 Å². The van der Waals surface area contributed by atoms with Crippen molar-refractivity contribution in [2.45, 2.75) is 65.2 Å². The number of hydrogen-bond donors (Lipinski definition) is 1. The first-order chi connectivity index (χ1) is 12.6. The van der Waals surface area contributed by atoms with Gasteiger partial charge in [-0.2, -0.15) is 0 Å². The molecule has 0 atom stereocenters. The molecule has 0 spiro atoms. The number of phenolic OH excluding ortho intramolecular Hbond substituents is 1. The summed E-state index contributed by atoms with van der Waals surface area (Å²) in [6.07, 6.45) is 7.32. The van der Waals surface area contributed by atoms with Crippen molar-refractivity contribution in [2.75, 3.05) is 0 Å². The fourth-order valence-corrected chi connectivity index (χ4v) is 3.34. The van der Waals surface area contributed by atoms with Crippen LogP contribution in [0.15, 0.2) is 36.4 Å². The van der Waals surface area contributed by atoms with Crippen LogP contribution in [0.25, 0.3) is 16.7 Å². The third-order valence-electron chi connectivity index (χ3n) is 4.87. The van der Waals surface area contributed by atoms with E-state index in [0.29, 0.717) is 5.69 Å². The summed E-state index contributed by atoms with van der Waals surface area (Å²) in [6, 6.07) is 12.0. The molecule has 1 N–H and O–H groups in total. The summed E-state index contributed by atoms with van der Waals surface area (Å²) in [5.74, 6) is 0.536. The Morgan fingerprint density at radius 1 is 0.962 bits per heavy atom. The SMILES string of the molecule is CCCCCCCc1cc(C(C)C)c(O)c(-n2nc3ccccc3n2)c1. The molecule has 0 saturated carbocycles. The van der Waals surface area contributed by atoms with E-state index < -0.39 is 0 Å². The number of unbranched alkanes of at least 4 members (excludes halogenated alkanes) is 4. The van der Waals surface area contributed by atoms with Gasteiger partial charge in [-0.1, -0.05) is 64.7 Å². The number of aromatic hydroxyl groups is 1. The fraction of sp³-hybridized carbons (Fsp3) is 0.455. The van der Waals surface area contributed by atoms with Gasteiger partial charge in [0.2, 0.25) is 0 Å². The molecule has 3 aromatic rings. The first-order valence-electron chi connectivity index (χ1n) is 9.78. The average Bonchev–Trinajstić information content (AvgIpc) is 3.06. The van der Waals surface area contributed by atoms with Crippen LogP contribution in [-0.4, -0.2) is 20.1 Å². The molecular formula is C22H29N3O. The molecule has 0 fully saturated rings. The van der Waals surface area contributed by atoms with Crippen LogP contribution in [0.4, 0.5) is 0 Å². The normalized spacial score (nSPS) is 11.5. The van der Waals surface area contributed by atoms with E-state index in [1.54, 1.807) is 4.80 Å². The minimum absolute atomic E-state index is 0.249. The summed E-state index contributed by atoms with van der Waals surface area (Å²) >= 11 is 0. The van der Waals surface area contributed by atoms with Crippen molar-refractivity contribution in [1.29, 1.82) is 0 Å². The lowest BCUT2D eigenvalue weighted by Crippen LogP contribution is -2.04. The van der Waals surface area contributed by atoms with Gasteiger partial charge in [0.15, 0.2) is 0 Å². The second-order valence-electron chi connectivity index (χ2n) is 7.35. The minimum Gasteiger partial charge on any atom is -0.505 e. The molecule has 2 aromatic carbocycles. The van der Waals surface area contributed by atoms with Gasteiger partial charge in [0, 0.05) is 0 Å². The monoisotopic (exact) mass is 351 g/mol. The predicted molar refractivity (Wildman–Crippen MR) is 107 cm³/mol. The Hall–Kier alpha value is -2.36. The van der Waals surface area contributed by atoms with Crippen LogP contribution in [0.1, 0.15) is 69.9 Å². The molecule has 4 heteroatoms. The van der Waals surface area contributed by atoms with Crippen molar-refractivity contribution < 1.29 is 5.11 Å². The van der Waals surface area contributed by atoms with Crippen LogP contribution in [0.3, 0.4) is 0 Å². The minimum atomic E-state index is 0.249. The number of phenols is 1. The van der Waals surface area contributed by atoms with Gasteiger partial charge in [-0.25, -0.2) is 0 Å². The molecule has 0 saturated heterocycles. The van der Waals surface area contributed by atoms with Gasteiger partial charge < -0.3 is 5.11 Å². The zero-order valence-electron chi connectivity index (χ0n) is 16.1. The smallest absolute Gasteiger partial charge is 0.146 e. The molecule has 0 radical (unpaired) electrons. The van der Waals surface area contributed by atoms with E-state index in [-0.39, 0.29) is 11.7 Å². The Morgan fingerprint density at radius 2 is 1.62 bits per heavy atom. The molecule has 0 bridgehead atoms. The molecule has 0 unspecified atom stereocenters. The lowest BCUT2D eigenvalue weighted by atomic mass is 9.96. The number of rotatable bonds is 8. The third kappa shape index (κ3) is 4.06. The van der Waals surface area contributed by atoms with E-state index in [4.69, 9.17) is 0 Å². The maximum atomic E-state index is 10.8. The van der Waals surface area contributed by atoms with Crippen molar-refractivity contribution in [1.82, 2.24) is 15.0 Å². The van der Waals surface area contributed by atoms with Gasteiger partial charge in [-0.05, 0) is 48.1 Å². The quantitative estimate of drug-likeness (QED) is 0.525. The van der Waals surface area contributed by atoms with Crippen molar-refractivity contribution >= 4 is 11.0 Å². The van der Waals surface area contributed by atoms with Crippen LogP contribution >= 0.6 is 0 Å². The number of fused-ring (bicyclic) bond motifs is 1. The Morgan fingerprint density at radius 3 is 2.23 bits per heavy atom. The fourth-order valence-electron chi connectivity index (χ4n) is 3.34. The van der Waals surface area contributed by atoms with Gasteiger partial charge >= 0.3 is 0 Å². The highest BCUT2D eigenvalue weighted by Crippen LogP contribution is 2.33. The lowest BCUT2D eigenvalue weighted by molar-refractivity contribution is 0.457. The average molecular weight is 351 g/mol. The van der Waals surface area contributed by atoms with Crippen LogP contribution in [-0.2, 0) is 6.42 Å². The maximum absolute atomic E-state index is 10.8.